The van der Waals surface area contributed by atoms with Crippen molar-refractivity contribution in [3.8, 4) is 11.3 Å². The number of aromatic amines is 2. The topological polar surface area (TPSA) is 64.8 Å². The number of halogens is 1. The summed E-state index contributed by atoms with van der Waals surface area (Å²) < 4.78 is 13.4. The van der Waals surface area contributed by atoms with Crippen molar-refractivity contribution in [1.29, 1.82) is 0 Å². The van der Waals surface area contributed by atoms with Crippen LogP contribution in [0.3, 0.4) is 0 Å². The molecule has 0 fully saturated rings. The van der Waals surface area contributed by atoms with Crippen LogP contribution in [0.4, 0.5) is 4.39 Å². The summed E-state index contributed by atoms with van der Waals surface area (Å²) in [5.41, 5.74) is 3.98. The van der Waals surface area contributed by atoms with Crippen molar-refractivity contribution in [3.63, 3.8) is 0 Å². The Morgan fingerprint density at radius 2 is 1.96 bits per heavy atom. The minimum atomic E-state index is -0.279. The van der Waals surface area contributed by atoms with Crippen molar-refractivity contribution < 1.29 is 9.18 Å². The van der Waals surface area contributed by atoms with Gasteiger partial charge in [-0.2, -0.15) is 5.10 Å². The van der Waals surface area contributed by atoms with Crippen LogP contribution in [0.25, 0.3) is 22.2 Å². The van der Waals surface area contributed by atoms with Crippen LogP contribution in [0.2, 0.25) is 0 Å². The average molecular weight is 376 g/mol. The van der Waals surface area contributed by atoms with Gasteiger partial charge in [0.1, 0.15) is 11.5 Å². The number of carbonyl (C=O) groups excluding carboxylic acids is 1. The molecule has 142 valence electrons. The summed E-state index contributed by atoms with van der Waals surface area (Å²) in [6, 6.07) is 18.0. The number of rotatable bonds is 6. The van der Waals surface area contributed by atoms with E-state index in [1.54, 1.807) is 18.0 Å². The lowest BCUT2D eigenvalue weighted by Gasteiger charge is -2.15. The third kappa shape index (κ3) is 3.81. The molecule has 0 aliphatic carbocycles. The molecule has 2 aromatic carbocycles. The molecule has 2 aromatic heterocycles. The van der Waals surface area contributed by atoms with Crippen molar-refractivity contribution in [2.45, 2.75) is 12.8 Å². The molecule has 6 heteroatoms. The van der Waals surface area contributed by atoms with Crippen LogP contribution in [0.5, 0.6) is 0 Å². The zero-order chi connectivity index (χ0) is 19.5. The normalized spacial score (nSPS) is 11.1. The molecule has 0 saturated heterocycles. The maximum absolute atomic E-state index is 13.4. The predicted octanol–water partition coefficient (Wildman–Crippen LogP) is 4.40. The van der Waals surface area contributed by atoms with Crippen LogP contribution in [0.1, 0.15) is 22.6 Å². The van der Waals surface area contributed by atoms with Gasteiger partial charge in [-0.1, -0.05) is 30.3 Å². The first kappa shape index (κ1) is 18.0. The van der Waals surface area contributed by atoms with Crippen molar-refractivity contribution in [2.75, 3.05) is 13.6 Å². The molecule has 0 radical (unpaired) electrons. The summed E-state index contributed by atoms with van der Waals surface area (Å²) in [5.74, 6) is -0.305. The molecule has 2 N–H and O–H groups in total. The van der Waals surface area contributed by atoms with E-state index in [4.69, 9.17) is 0 Å². The van der Waals surface area contributed by atoms with E-state index in [2.05, 4.69) is 15.2 Å². The highest BCUT2D eigenvalue weighted by Crippen LogP contribution is 2.19. The highest BCUT2D eigenvalue weighted by molar-refractivity contribution is 5.97. The van der Waals surface area contributed by atoms with Gasteiger partial charge in [-0.15, -0.1) is 0 Å². The fraction of sp³-hybridized carbons (Fsp3) is 0.182. The number of nitrogens with zero attached hydrogens (tertiary/aromatic N) is 2. The molecule has 0 atom stereocenters. The minimum Gasteiger partial charge on any atom is -0.351 e. The Hall–Kier alpha value is -3.41. The third-order valence-electron chi connectivity index (χ3n) is 4.80. The van der Waals surface area contributed by atoms with E-state index < -0.39 is 0 Å². The van der Waals surface area contributed by atoms with E-state index in [1.165, 1.54) is 12.1 Å². The number of H-pyrrole nitrogens is 2. The number of nitrogens with one attached hydrogen (secondary N) is 2. The van der Waals surface area contributed by atoms with Gasteiger partial charge < -0.3 is 9.88 Å². The Labute approximate surface area is 162 Å². The average Bonchev–Trinajstić information content (AvgIpc) is 3.34. The van der Waals surface area contributed by atoms with Crippen LogP contribution in [0.15, 0.2) is 60.7 Å². The Bertz CT molecular complexity index is 1080. The van der Waals surface area contributed by atoms with Gasteiger partial charge in [-0.05, 0) is 43.2 Å². The first-order chi connectivity index (χ1) is 13.6. The number of hydrogen-bond donors (Lipinski definition) is 2. The molecule has 28 heavy (non-hydrogen) atoms. The molecule has 4 rings (SSSR count). The summed E-state index contributed by atoms with van der Waals surface area (Å²) in [7, 11) is 1.80. The lowest BCUT2D eigenvalue weighted by molar-refractivity contribution is 0.0788. The van der Waals surface area contributed by atoms with Gasteiger partial charge in [0.15, 0.2) is 0 Å². The van der Waals surface area contributed by atoms with E-state index in [9.17, 15) is 9.18 Å². The Balaban J connectivity index is 1.34. The molecule has 0 saturated carbocycles. The SMILES string of the molecule is CN(CCCc1cc(-c2cccc(F)c2)n[nH]1)C(=O)c1cc2ccccc2[nH]1. The van der Waals surface area contributed by atoms with Gasteiger partial charge in [0.25, 0.3) is 5.91 Å². The molecule has 0 aliphatic rings. The smallest absolute Gasteiger partial charge is 0.270 e. The van der Waals surface area contributed by atoms with Gasteiger partial charge in [-0.3, -0.25) is 9.89 Å². The van der Waals surface area contributed by atoms with Gasteiger partial charge in [0.05, 0.1) is 5.69 Å². The maximum atomic E-state index is 13.4. The van der Waals surface area contributed by atoms with E-state index in [1.807, 2.05) is 42.5 Å². The first-order valence-corrected chi connectivity index (χ1v) is 9.23. The van der Waals surface area contributed by atoms with Crippen molar-refractivity contribution >= 4 is 16.8 Å². The number of aromatic nitrogens is 3. The van der Waals surface area contributed by atoms with E-state index >= 15 is 0 Å². The van der Waals surface area contributed by atoms with Gasteiger partial charge >= 0.3 is 0 Å². The molecule has 2 heterocycles. The fourth-order valence-electron chi connectivity index (χ4n) is 3.29. The molecule has 0 unspecified atom stereocenters. The predicted molar refractivity (Wildman–Crippen MR) is 108 cm³/mol. The first-order valence-electron chi connectivity index (χ1n) is 9.23. The molecule has 0 spiro atoms. The standard InChI is InChI=1S/C22H21FN4O/c1-27(22(28)21-13-16-6-2-3-10-19(16)24-21)11-5-9-18-14-20(26-25-18)15-7-4-8-17(23)12-15/h2-4,6-8,10,12-14,24H,5,9,11H2,1H3,(H,25,26). The number of para-hydroxylation sites is 1. The zero-order valence-corrected chi connectivity index (χ0v) is 15.6. The lowest BCUT2D eigenvalue weighted by atomic mass is 10.1. The Kier molecular flexibility index (Phi) is 4.93. The van der Waals surface area contributed by atoms with Crippen molar-refractivity contribution in [2.24, 2.45) is 0 Å². The zero-order valence-electron chi connectivity index (χ0n) is 15.6. The summed E-state index contributed by atoms with van der Waals surface area (Å²) in [4.78, 5) is 17.5. The fourth-order valence-corrected chi connectivity index (χ4v) is 3.29. The minimum absolute atomic E-state index is 0.0266. The van der Waals surface area contributed by atoms with E-state index in [0.717, 1.165) is 40.7 Å². The van der Waals surface area contributed by atoms with Crippen LogP contribution in [-0.4, -0.2) is 39.6 Å². The third-order valence-corrected chi connectivity index (χ3v) is 4.80. The van der Waals surface area contributed by atoms with Crippen molar-refractivity contribution in [1.82, 2.24) is 20.1 Å². The second kappa shape index (κ2) is 7.68. The van der Waals surface area contributed by atoms with E-state index in [-0.39, 0.29) is 11.7 Å². The van der Waals surface area contributed by atoms with Crippen LogP contribution >= 0.6 is 0 Å². The van der Waals surface area contributed by atoms with Gasteiger partial charge in [0.2, 0.25) is 0 Å². The maximum Gasteiger partial charge on any atom is 0.270 e. The molecule has 5 nitrogen and oxygen atoms in total. The highest BCUT2D eigenvalue weighted by atomic mass is 19.1. The van der Waals surface area contributed by atoms with Crippen LogP contribution in [-0.2, 0) is 6.42 Å². The Morgan fingerprint density at radius 3 is 2.79 bits per heavy atom. The van der Waals surface area contributed by atoms with Crippen LogP contribution < -0.4 is 0 Å². The molecule has 0 aliphatic heterocycles. The summed E-state index contributed by atoms with van der Waals surface area (Å²) in [6.07, 6.45) is 1.56. The molecular weight excluding hydrogens is 355 g/mol. The Morgan fingerprint density at radius 1 is 1.11 bits per heavy atom. The van der Waals surface area contributed by atoms with Gasteiger partial charge in [0, 0.05) is 35.8 Å². The summed E-state index contributed by atoms with van der Waals surface area (Å²) >= 11 is 0. The molecular formula is C22H21FN4O. The number of fused-ring (bicyclic) bond motifs is 1. The van der Waals surface area contributed by atoms with Crippen molar-refractivity contribution in [3.05, 3.63) is 77.9 Å². The number of hydrogen-bond acceptors (Lipinski definition) is 2. The lowest BCUT2D eigenvalue weighted by Crippen LogP contribution is -2.28. The molecule has 0 bridgehead atoms. The summed E-state index contributed by atoms with van der Waals surface area (Å²) in [6.45, 7) is 0.627. The summed E-state index contributed by atoms with van der Waals surface area (Å²) in [5, 5.41) is 8.28. The quantitative estimate of drug-likeness (QED) is 0.524. The number of aryl methyl sites for hydroxylation is 1. The van der Waals surface area contributed by atoms with E-state index in [0.29, 0.717) is 12.2 Å². The van der Waals surface area contributed by atoms with Gasteiger partial charge in [-0.25, -0.2) is 4.39 Å². The van der Waals surface area contributed by atoms with Crippen LogP contribution in [0, 0.1) is 5.82 Å². The second-order valence-corrected chi connectivity index (χ2v) is 6.89. The number of carbonyl (C=O) groups is 1. The highest BCUT2D eigenvalue weighted by Gasteiger charge is 2.14. The number of benzene rings is 2. The number of amides is 1. The largest absolute Gasteiger partial charge is 0.351 e. The molecule has 1 amide bonds. The second-order valence-electron chi connectivity index (χ2n) is 6.89. The monoisotopic (exact) mass is 376 g/mol. The molecule has 4 aromatic rings.